The molecule has 0 amide bonds. The van der Waals surface area contributed by atoms with Crippen molar-refractivity contribution in [2.45, 2.75) is 19.3 Å². The molecule has 0 N–H and O–H groups in total. The van der Waals surface area contributed by atoms with Gasteiger partial charge >= 0.3 is 0 Å². The van der Waals surface area contributed by atoms with Crippen molar-refractivity contribution in [3.63, 3.8) is 0 Å². The fraction of sp³-hybridized carbons (Fsp3) is 0.0682. The van der Waals surface area contributed by atoms with E-state index in [1.54, 1.807) is 0 Å². The lowest BCUT2D eigenvalue weighted by atomic mass is 9.82. The highest BCUT2D eigenvalue weighted by Crippen LogP contribution is 2.50. The predicted molar refractivity (Wildman–Crippen MR) is 195 cm³/mol. The summed E-state index contributed by atoms with van der Waals surface area (Å²) < 4.78 is 6.30. The summed E-state index contributed by atoms with van der Waals surface area (Å²) in [4.78, 5) is 7.32. The van der Waals surface area contributed by atoms with Gasteiger partial charge in [0.1, 0.15) is 5.52 Å². The van der Waals surface area contributed by atoms with Crippen molar-refractivity contribution in [1.29, 1.82) is 0 Å². The van der Waals surface area contributed by atoms with E-state index in [4.69, 9.17) is 9.40 Å². The van der Waals surface area contributed by atoms with Crippen LogP contribution in [0.2, 0.25) is 0 Å². The first-order valence-corrected chi connectivity index (χ1v) is 16.1. The van der Waals surface area contributed by atoms with Gasteiger partial charge in [0.2, 0.25) is 5.89 Å². The van der Waals surface area contributed by atoms with Gasteiger partial charge in [-0.05, 0) is 98.8 Å². The molecule has 0 unspecified atom stereocenters. The van der Waals surface area contributed by atoms with Crippen LogP contribution in [0.1, 0.15) is 25.0 Å². The van der Waals surface area contributed by atoms with Crippen molar-refractivity contribution in [2.75, 3.05) is 4.90 Å². The van der Waals surface area contributed by atoms with Gasteiger partial charge in [0.25, 0.3) is 0 Å². The molecule has 0 fully saturated rings. The predicted octanol–water partition coefficient (Wildman–Crippen LogP) is 12.1. The molecule has 0 radical (unpaired) electrons. The molecule has 3 heteroatoms. The van der Waals surface area contributed by atoms with E-state index in [0.717, 1.165) is 33.7 Å². The highest BCUT2D eigenvalue weighted by Gasteiger charge is 2.35. The van der Waals surface area contributed by atoms with Gasteiger partial charge in [-0.15, -0.1) is 0 Å². The van der Waals surface area contributed by atoms with E-state index in [0.29, 0.717) is 5.89 Å². The third kappa shape index (κ3) is 4.54. The molecule has 0 saturated heterocycles. The lowest BCUT2D eigenvalue weighted by Crippen LogP contribution is -2.16. The van der Waals surface area contributed by atoms with Crippen molar-refractivity contribution in [1.82, 2.24) is 4.98 Å². The maximum Gasteiger partial charge on any atom is 0.227 e. The molecule has 1 aliphatic carbocycles. The zero-order valence-electron chi connectivity index (χ0n) is 26.3. The lowest BCUT2D eigenvalue weighted by molar-refractivity contribution is 0.620. The minimum absolute atomic E-state index is 0.0992. The van der Waals surface area contributed by atoms with Crippen LogP contribution in [0.3, 0.4) is 0 Å². The number of aromatic nitrogens is 1. The topological polar surface area (TPSA) is 29.3 Å². The number of benzene rings is 7. The molecule has 0 saturated carbocycles. The van der Waals surface area contributed by atoms with Gasteiger partial charge in [0.05, 0.1) is 0 Å². The molecule has 0 atom stereocenters. The Morgan fingerprint density at radius 2 is 1.11 bits per heavy atom. The molecule has 0 bridgehead atoms. The zero-order chi connectivity index (χ0) is 31.5. The standard InChI is InChI=1S/C44H32N2O/c1-44(2)39-15-9-8-14-37(39)38-24-22-35(27-40(38)44)46(34-21-20-30-12-6-7-13-33(30)26-34)36-23-25-42-41(28-36)45-43(47-42)32-18-16-31(17-19-32)29-10-4-3-5-11-29/h3-28H,1-2H3. The van der Waals surface area contributed by atoms with Crippen molar-refractivity contribution in [3.8, 4) is 33.7 Å². The number of nitrogens with zero attached hydrogens (tertiary/aromatic N) is 2. The van der Waals surface area contributed by atoms with Crippen molar-refractivity contribution in [3.05, 3.63) is 169 Å². The Bertz CT molecular complexity index is 2440. The van der Waals surface area contributed by atoms with E-state index in [-0.39, 0.29) is 5.41 Å². The lowest BCUT2D eigenvalue weighted by Gasteiger charge is -2.28. The Morgan fingerprint density at radius 3 is 1.96 bits per heavy atom. The van der Waals surface area contributed by atoms with E-state index >= 15 is 0 Å². The number of rotatable bonds is 5. The molecule has 1 heterocycles. The molecule has 1 aromatic heterocycles. The van der Waals surface area contributed by atoms with Gasteiger partial charge in [-0.1, -0.05) is 117 Å². The maximum absolute atomic E-state index is 6.30. The second-order valence-corrected chi connectivity index (χ2v) is 12.9. The summed E-state index contributed by atoms with van der Waals surface area (Å²) in [5.41, 5.74) is 13.4. The number of oxazole rings is 1. The summed E-state index contributed by atoms with van der Waals surface area (Å²) in [6, 6.07) is 56.1. The Hall–Kier alpha value is -5.93. The van der Waals surface area contributed by atoms with Crippen LogP contribution in [0, 0.1) is 0 Å². The SMILES string of the molecule is CC1(C)c2ccccc2-c2ccc(N(c3ccc4ccccc4c3)c3ccc4oc(-c5ccc(-c6ccccc6)cc5)nc4c3)cc21. The quantitative estimate of drug-likeness (QED) is 0.196. The third-order valence-corrected chi connectivity index (χ3v) is 9.68. The summed E-state index contributed by atoms with van der Waals surface area (Å²) in [6.45, 7) is 4.66. The average molecular weight is 605 g/mol. The molecular weight excluding hydrogens is 572 g/mol. The monoisotopic (exact) mass is 604 g/mol. The van der Waals surface area contributed by atoms with E-state index in [1.807, 2.05) is 12.1 Å². The molecule has 8 aromatic rings. The normalized spacial score (nSPS) is 13.1. The van der Waals surface area contributed by atoms with Gasteiger partial charge in [0, 0.05) is 28.0 Å². The van der Waals surface area contributed by atoms with E-state index in [9.17, 15) is 0 Å². The summed E-state index contributed by atoms with van der Waals surface area (Å²) in [5, 5.41) is 2.42. The van der Waals surface area contributed by atoms with Crippen molar-refractivity contribution < 1.29 is 4.42 Å². The summed E-state index contributed by atoms with van der Waals surface area (Å²) in [6.07, 6.45) is 0. The summed E-state index contributed by atoms with van der Waals surface area (Å²) >= 11 is 0. The second kappa shape index (κ2) is 10.6. The number of hydrogen-bond donors (Lipinski definition) is 0. The van der Waals surface area contributed by atoms with Crippen LogP contribution in [-0.4, -0.2) is 4.98 Å². The largest absolute Gasteiger partial charge is 0.436 e. The van der Waals surface area contributed by atoms with Crippen LogP contribution in [0.5, 0.6) is 0 Å². The fourth-order valence-electron chi connectivity index (χ4n) is 7.21. The Kier molecular flexibility index (Phi) is 6.16. The Labute approximate surface area is 274 Å². The first-order valence-electron chi connectivity index (χ1n) is 16.1. The highest BCUT2D eigenvalue weighted by molar-refractivity contribution is 5.92. The van der Waals surface area contributed by atoms with Crippen LogP contribution in [0.15, 0.2) is 162 Å². The van der Waals surface area contributed by atoms with E-state index in [2.05, 4.69) is 164 Å². The second-order valence-electron chi connectivity index (χ2n) is 12.9. The first-order chi connectivity index (χ1) is 23.0. The van der Waals surface area contributed by atoms with E-state index < -0.39 is 0 Å². The molecule has 224 valence electrons. The van der Waals surface area contributed by atoms with Crippen LogP contribution < -0.4 is 4.90 Å². The molecule has 0 spiro atoms. The molecule has 0 aliphatic heterocycles. The molecular formula is C44H32N2O. The van der Waals surface area contributed by atoms with Gasteiger partial charge in [-0.2, -0.15) is 0 Å². The number of hydrogen-bond acceptors (Lipinski definition) is 3. The minimum atomic E-state index is -0.0992. The highest BCUT2D eigenvalue weighted by atomic mass is 16.3. The van der Waals surface area contributed by atoms with Crippen LogP contribution in [-0.2, 0) is 5.41 Å². The summed E-state index contributed by atoms with van der Waals surface area (Å²) in [7, 11) is 0. The number of fused-ring (bicyclic) bond motifs is 5. The molecule has 47 heavy (non-hydrogen) atoms. The molecule has 7 aromatic carbocycles. The van der Waals surface area contributed by atoms with E-state index in [1.165, 1.54) is 44.2 Å². The van der Waals surface area contributed by atoms with Crippen molar-refractivity contribution >= 4 is 38.9 Å². The van der Waals surface area contributed by atoms with Gasteiger partial charge in [-0.3, -0.25) is 0 Å². The van der Waals surface area contributed by atoms with Crippen LogP contribution >= 0.6 is 0 Å². The smallest absolute Gasteiger partial charge is 0.227 e. The van der Waals surface area contributed by atoms with Crippen molar-refractivity contribution in [2.24, 2.45) is 0 Å². The number of anilines is 3. The Balaban J connectivity index is 1.15. The zero-order valence-corrected chi connectivity index (χ0v) is 26.3. The van der Waals surface area contributed by atoms with Gasteiger partial charge in [0.15, 0.2) is 5.58 Å². The van der Waals surface area contributed by atoms with Gasteiger partial charge in [-0.25, -0.2) is 4.98 Å². The van der Waals surface area contributed by atoms with Crippen LogP contribution in [0.4, 0.5) is 17.1 Å². The van der Waals surface area contributed by atoms with Crippen LogP contribution in [0.25, 0.3) is 55.6 Å². The molecule has 9 rings (SSSR count). The Morgan fingerprint density at radius 1 is 0.489 bits per heavy atom. The fourth-order valence-corrected chi connectivity index (χ4v) is 7.21. The maximum atomic E-state index is 6.30. The molecule has 1 aliphatic rings. The third-order valence-electron chi connectivity index (χ3n) is 9.68. The summed E-state index contributed by atoms with van der Waals surface area (Å²) in [5.74, 6) is 0.617. The van der Waals surface area contributed by atoms with Gasteiger partial charge < -0.3 is 9.32 Å². The first kappa shape index (κ1) is 27.4. The minimum Gasteiger partial charge on any atom is -0.436 e. The average Bonchev–Trinajstić information content (AvgIpc) is 3.65. The molecule has 3 nitrogen and oxygen atoms in total.